The molecule has 1 aliphatic heterocycles. The number of fused-ring (bicyclic) bond motifs is 1. The van der Waals surface area contributed by atoms with Crippen LogP contribution in [0.4, 0.5) is 15.8 Å². The van der Waals surface area contributed by atoms with Gasteiger partial charge in [0.05, 0.1) is 26.8 Å². The highest BCUT2D eigenvalue weighted by Crippen LogP contribution is 2.39. The Morgan fingerprint density at radius 2 is 2.00 bits per heavy atom. The van der Waals surface area contributed by atoms with Crippen LogP contribution in [-0.2, 0) is 10.0 Å². The van der Waals surface area contributed by atoms with E-state index in [1.807, 2.05) is 12.1 Å². The molecule has 7 nitrogen and oxygen atoms in total. The third-order valence-corrected chi connectivity index (χ3v) is 8.39. The summed E-state index contributed by atoms with van der Waals surface area (Å²) < 4.78 is 43.2. The van der Waals surface area contributed by atoms with E-state index in [0.717, 1.165) is 49.1 Å². The van der Waals surface area contributed by atoms with E-state index in [4.69, 9.17) is 11.6 Å². The average molecular weight is 540 g/mol. The van der Waals surface area contributed by atoms with Gasteiger partial charge in [0.2, 0.25) is 0 Å². The van der Waals surface area contributed by atoms with Crippen molar-refractivity contribution < 1.29 is 12.8 Å². The van der Waals surface area contributed by atoms with Crippen molar-refractivity contribution >= 4 is 43.9 Å². The molecule has 0 unspecified atom stereocenters. The SMILES string of the molecule is CCN(c1cc(-c2ccc(NS(=O)(=O)c3ccccc3)c(F)c2Cl)cc2cncnc12)[C@H]1CCCNC1. The molecule has 1 saturated heterocycles. The smallest absolute Gasteiger partial charge is 0.261 e. The van der Waals surface area contributed by atoms with Gasteiger partial charge in [-0.05, 0) is 62.2 Å². The van der Waals surface area contributed by atoms with E-state index >= 15 is 4.39 Å². The van der Waals surface area contributed by atoms with Gasteiger partial charge in [0.1, 0.15) is 6.33 Å². The molecular formula is C27H27ClFN5O2S. The van der Waals surface area contributed by atoms with Crippen molar-refractivity contribution in [3.05, 3.63) is 78.0 Å². The van der Waals surface area contributed by atoms with Crippen molar-refractivity contribution in [1.82, 2.24) is 15.3 Å². The standard InChI is InChI=1S/C27H27ClFN5O2S/c1-2-34(20-7-6-12-30-16-20)24-14-18(13-19-15-31-17-32-27(19)24)22-10-11-23(26(29)25(22)28)33-37(35,36)21-8-4-3-5-9-21/h3-5,8-11,13-15,17,20,30,33H,2,6-7,12,16H2,1H3/t20-/m0/s1. The second kappa shape index (κ2) is 10.6. The highest BCUT2D eigenvalue weighted by Gasteiger charge is 2.24. The van der Waals surface area contributed by atoms with Crippen LogP contribution in [-0.4, -0.2) is 44.1 Å². The number of hydrogen-bond acceptors (Lipinski definition) is 6. The number of benzene rings is 3. The molecule has 5 rings (SSSR count). The number of piperidine rings is 1. The maximum absolute atomic E-state index is 15.4. The molecule has 0 saturated carbocycles. The lowest BCUT2D eigenvalue weighted by molar-refractivity contribution is 0.436. The molecule has 3 aromatic carbocycles. The number of rotatable bonds is 7. The molecule has 2 N–H and O–H groups in total. The number of nitrogens with one attached hydrogen (secondary N) is 2. The van der Waals surface area contributed by atoms with Crippen LogP contribution in [0.2, 0.25) is 5.02 Å². The Labute approximate surface area is 220 Å². The third-order valence-electron chi connectivity index (χ3n) is 6.64. The predicted octanol–water partition coefficient (Wildman–Crippen LogP) is 5.47. The summed E-state index contributed by atoms with van der Waals surface area (Å²) in [5, 5.41) is 4.10. The molecular weight excluding hydrogens is 513 g/mol. The van der Waals surface area contributed by atoms with Crippen LogP contribution in [0.5, 0.6) is 0 Å². The van der Waals surface area contributed by atoms with E-state index in [9.17, 15) is 8.42 Å². The zero-order valence-electron chi connectivity index (χ0n) is 20.3. The van der Waals surface area contributed by atoms with Crippen molar-refractivity contribution in [2.45, 2.75) is 30.7 Å². The van der Waals surface area contributed by atoms with Gasteiger partial charge in [-0.3, -0.25) is 4.72 Å². The van der Waals surface area contributed by atoms with Crippen molar-refractivity contribution in [1.29, 1.82) is 0 Å². The van der Waals surface area contributed by atoms with Gasteiger partial charge < -0.3 is 10.2 Å². The first kappa shape index (κ1) is 25.4. The van der Waals surface area contributed by atoms with Crippen molar-refractivity contribution in [2.24, 2.45) is 0 Å². The molecule has 2 heterocycles. The predicted molar refractivity (Wildman–Crippen MR) is 146 cm³/mol. The summed E-state index contributed by atoms with van der Waals surface area (Å²) >= 11 is 6.51. The van der Waals surface area contributed by atoms with E-state index < -0.39 is 15.8 Å². The van der Waals surface area contributed by atoms with E-state index in [2.05, 4.69) is 31.8 Å². The summed E-state index contributed by atoms with van der Waals surface area (Å²) in [6.45, 7) is 4.76. The highest BCUT2D eigenvalue weighted by atomic mass is 35.5. The van der Waals surface area contributed by atoms with E-state index in [1.165, 1.54) is 24.5 Å². The fraction of sp³-hybridized carbons (Fsp3) is 0.259. The van der Waals surface area contributed by atoms with Gasteiger partial charge in [0, 0.05) is 36.3 Å². The minimum atomic E-state index is -3.97. The fourth-order valence-electron chi connectivity index (χ4n) is 4.84. The first-order chi connectivity index (χ1) is 17.9. The third kappa shape index (κ3) is 5.12. The lowest BCUT2D eigenvalue weighted by Crippen LogP contribution is -2.46. The zero-order valence-corrected chi connectivity index (χ0v) is 21.9. The molecule has 0 radical (unpaired) electrons. The molecule has 4 aromatic rings. The number of anilines is 2. The van der Waals surface area contributed by atoms with Gasteiger partial charge in [-0.25, -0.2) is 22.8 Å². The van der Waals surface area contributed by atoms with Gasteiger partial charge >= 0.3 is 0 Å². The normalized spacial score (nSPS) is 16.0. The van der Waals surface area contributed by atoms with Crippen LogP contribution in [0.1, 0.15) is 19.8 Å². The molecule has 1 fully saturated rings. The van der Waals surface area contributed by atoms with Crippen LogP contribution in [0.15, 0.2) is 72.0 Å². The number of halogens is 2. The van der Waals surface area contributed by atoms with Crippen LogP contribution < -0.4 is 14.9 Å². The number of aromatic nitrogens is 2. The first-order valence-electron chi connectivity index (χ1n) is 12.2. The Morgan fingerprint density at radius 1 is 1.19 bits per heavy atom. The van der Waals surface area contributed by atoms with Crippen molar-refractivity contribution in [2.75, 3.05) is 29.3 Å². The molecule has 37 heavy (non-hydrogen) atoms. The minimum Gasteiger partial charge on any atom is -0.366 e. The number of hydrogen-bond donors (Lipinski definition) is 2. The molecule has 1 aromatic heterocycles. The minimum absolute atomic E-state index is 0.0330. The van der Waals surface area contributed by atoms with Gasteiger partial charge in [-0.15, -0.1) is 0 Å². The maximum atomic E-state index is 15.4. The van der Waals surface area contributed by atoms with Crippen LogP contribution >= 0.6 is 11.6 Å². The summed E-state index contributed by atoms with van der Waals surface area (Å²) in [6, 6.07) is 15.0. The number of sulfonamides is 1. The highest BCUT2D eigenvalue weighted by molar-refractivity contribution is 7.92. The van der Waals surface area contributed by atoms with Crippen LogP contribution in [0.25, 0.3) is 22.0 Å². The van der Waals surface area contributed by atoms with Crippen LogP contribution in [0.3, 0.4) is 0 Å². The van der Waals surface area contributed by atoms with Gasteiger partial charge in [-0.1, -0.05) is 35.9 Å². The van der Waals surface area contributed by atoms with Gasteiger partial charge in [0.25, 0.3) is 10.0 Å². The monoisotopic (exact) mass is 539 g/mol. The Bertz CT molecular complexity index is 1530. The molecule has 192 valence electrons. The molecule has 0 spiro atoms. The number of nitrogens with zero attached hydrogens (tertiary/aromatic N) is 3. The average Bonchev–Trinajstić information content (AvgIpc) is 2.93. The van der Waals surface area contributed by atoms with E-state index in [1.54, 1.807) is 30.5 Å². The zero-order chi connectivity index (χ0) is 26.0. The molecule has 0 amide bonds. The van der Waals surface area contributed by atoms with E-state index in [0.29, 0.717) is 17.2 Å². The molecule has 1 atom stereocenters. The van der Waals surface area contributed by atoms with Gasteiger partial charge in [0.15, 0.2) is 5.82 Å². The summed E-state index contributed by atoms with van der Waals surface area (Å²) in [6.07, 6.45) is 5.40. The van der Waals surface area contributed by atoms with Crippen molar-refractivity contribution in [3.63, 3.8) is 0 Å². The maximum Gasteiger partial charge on any atom is 0.261 e. The van der Waals surface area contributed by atoms with Crippen molar-refractivity contribution in [3.8, 4) is 11.1 Å². The molecule has 10 heteroatoms. The summed E-state index contributed by atoms with van der Waals surface area (Å²) in [4.78, 5) is 11.1. The quantitative estimate of drug-likeness (QED) is 0.324. The number of likely N-dealkylation sites (N-methyl/N-ethyl adjacent to an activating group) is 1. The largest absolute Gasteiger partial charge is 0.366 e. The summed E-state index contributed by atoms with van der Waals surface area (Å²) in [5.74, 6) is -0.839. The van der Waals surface area contributed by atoms with Gasteiger partial charge in [-0.2, -0.15) is 0 Å². The lowest BCUT2D eigenvalue weighted by Gasteiger charge is -2.36. The summed E-state index contributed by atoms with van der Waals surface area (Å²) in [7, 11) is -3.97. The Kier molecular flexibility index (Phi) is 7.28. The molecule has 0 aliphatic carbocycles. The second-order valence-corrected chi connectivity index (χ2v) is 11.0. The first-order valence-corrected chi connectivity index (χ1v) is 14.0. The fourth-order valence-corrected chi connectivity index (χ4v) is 6.19. The van der Waals surface area contributed by atoms with E-state index in [-0.39, 0.29) is 15.6 Å². The Hall–Kier alpha value is -3.27. The van der Waals surface area contributed by atoms with Crippen LogP contribution in [0, 0.1) is 5.82 Å². The Balaban J connectivity index is 1.56. The summed E-state index contributed by atoms with van der Waals surface area (Å²) in [5.41, 5.74) is 2.67. The molecule has 0 bridgehead atoms. The lowest BCUT2D eigenvalue weighted by atomic mass is 9.99. The second-order valence-electron chi connectivity index (χ2n) is 8.95. The molecule has 1 aliphatic rings. The Morgan fingerprint density at radius 3 is 2.73 bits per heavy atom. The topological polar surface area (TPSA) is 87.2 Å².